The fraction of sp³-hybridized carbons (Fsp3) is 0.192. The topological polar surface area (TPSA) is 112 Å². The van der Waals surface area contributed by atoms with Gasteiger partial charge in [-0.1, -0.05) is 24.3 Å². The summed E-state index contributed by atoms with van der Waals surface area (Å²) in [6.45, 7) is 5.71. The molecule has 0 unspecified atom stereocenters. The highest BCUT2D eigenvalue weighted by atomic mass is 16.2. The largest absolute Gasteiger partial charge is 0.325 e. The smallest absolute Gasteiger partial charge is 0.257 e. The van der Waals surface area contributed by atoms with Crippen LogP contribution in [-0.4, -0.2) is 26.4 Å². The molecule has 0 aliphatic carbocycles. The van der Waals surface area contributed by atoms with Gasteiger partial charge in [0, 0.05) is 23.5 Å². The van der Waals surface area contributed by atoms with E-state index in [1.165, 1.54) is 6.20 Å². The van der Waals surface area contributed by atoms with E-state index in [2.05, 4.69) is 26.8 Å². The molecular formula is C26H24N6O2. The molecule has 0 spiro atoms. The molecule has 8 nitrogen and oxygen atoms in total. The van der Waals surface area contributed by atoms with Crippen LogP contribution >= 0.6 is 0 Å². The van der Waals surface area contributed by atoms with Crippen molar-refractivity contribution in [1.82, 2.24) is 14.6 Å². The highest BCUT2D eigenvalue weighted by Crippen LogP contribution is 2.21. The number of carbonyl (C=O) groups is 2. The van der Waals surface area contributed by atoms with Crippen molar-refractivity contribution in [2.45, 2.75) is 33.6 Å². The van der Waals surface area contributed by atoms with Crippen LogP contribution in [0.15, 0.2) is 54.7 Å². The van der Waals surface area contributed by atoms with Crippen molar-refractivity contribution >= 4 is 28.8 Å². The Hall–Kier alpha value is -4.51. The molecule has 0 aliphatic heterocycles. The predicted octanol–water partition coefficient (Wildman–Crippen LogP) is 4.35. The number of amides is 2. The van der Waals surface area contributed by atoms with Crippen molar-refractivity contribution in [3.05, 3.63) is 88.4 Å². The van der Waals surface area contributed by atoms with Crippen LogP contribution < -0.4 is 10.6 Å². The Morgan fingerprint density at radius 2 is 1.85 bits per heavy atom. The first kappa shape index (κ1) is 22.7. The van der Waals surface area contributed by atoms with Gasteiger partial charge >= 0.3 is 0 Å². The molecule has 4 aromatic rings. The van der Waals surface area contributed by atoms with Gasteiger partial charge in [-0.05, 0) is 62.6 Å². The van der Waals surface area contributed by atoms with E-state index in [1.54, 1.807) is 28.8 Å². The van der Waals surface area contributed by atoms with Crippen LogP contribution in [0, 0.1) is 32.1 Å². The molecule has 2 heterocycles. The number of benzene rings is 2. The molecule has 8 heteroatoms. The number of para-hydroxylation sites is 1. The molecule has 0 saturated heterocycles. The molecule has 0 atom stereocenters. The number of aryl methyl sites for hydroxylation is 3. The van der Waals surface area contributed by atoms with E-state index in [0.717, 1.165) is 22.5 Å². The number of hydrogen-bond donors (Lipinski definition) is 2. The monoisotopic (exact) mass is 452 g/mol. The first-order valence-corrected chi connectivity index (χ1v) is 10.9. The number of nitriles is 1. The fourth-order valence-corrected chi connectivity index (χ4v) is 3.91. The van der Waals surface area contributed by atoms with Crippen molar-refractivity contribution in [3.63, 3.8) is 0 Å². The third-order valence-electron chi connectivity index (χ3n) is 5.65. The molecule has 2 aromatic carbocycles. The Labute approximate surface area is 197 Å². The van der Waals surface area contributed by atoms with Gasteiger partial charge in [0.1, 0.15) is 11.6 Å². The molecule has 2 amide bonds. The highest BCUT2D eigenvalue weighted by Gasteiger charge is 2.17. The average molecular weight is 453 g/mol. The lowest BCUT2D eigenvalue weighted by molar-refractivity contribution is -0.116. The van der Waals surface area contributed by atoms with E-state index in [9.17, 15) is 14.9 Å². The third-order valence-corrected chi connectivity index (χ3v) is 5.65. The van der Waals surface area contributed by atoms with E-state index in [4.69, 9.17) is 0 Å². The van der Waals surface area contributed by atoms with Crippen LogP contribution in [0.25, 0.3) is 5.65 Å². The van der Waals surface area contributed by atoms with E-state index in [-0.39, 0.29) is 18.2 Å². The first-order chi connectivity index (χ1) is 16.4. The molecule has 0 saturated carbocycles. The van der Waals surface area contributed by atoms with Crippen molar-refractivity contribution in [2.24, 2.45) is 0 Å². The normalized spacial score (nSPS) is 10.6. The minimum Gasteiger partial charge on any atom is -0.325 e. The van der Waals surface area contributed by atoms with Crippen LogP contribution in [0.1, 0.15) is 44.9 Å². The molecule has 2 N–H and O–H groups in total. The lowest BCUT2D eigenvalue weighted by Crippen LogP contribution is -2.19. The molecule has 0 fully saturated rings. The van der Waals surface area contributed by atoms with Crippen LogP contribution in [0.5, 0.6) is 0 Å². The zero-order chi connectivity index (χ0) is 24.2. The number of nitrogens with one attached hydrogen (secondary N) is 2. The standard InChI is InChI=1S/C26H24N6O2/c1-16-7-6-8-20(13-16)30-26(34)22-9-4-5-10-23(22)31-24(33)12-11-21-17(2)29-25-19(14-27)15-28-32(25)18(21)3/h4-10,13,15H,11-12H2,1-3H3,(H,30,34)(H,31,33). The maximum absolute atomic E-state index is 12.8. The summed E-state index contributed by atoms with van der Waals surface area (Å²) in [5, 5.41) is 19.2. The van der Waals surface area contributed by atoms with Gasteiger partial charge in [0.05, 0.1) is 17.4 Å². The number of anilines is 2. The maximum atomic E-state index is 12.8. The summed E-state index contributed by atoms with van der Waals surface area (Å²) in [6.07, 6.45) is 2.14. The van der Waals surface area contributed by atoms with Gasteiger partial charge in [-0.2, -0.15) is 10.4 Å². The SMILES string of the molecule is Cc1cccc(NC(=O)c2ccccc2NC(=O)CCc2c(C)nc3c(C#N)cnn3c2C)c1. The number of nitrogens with zero attached hydrogens (tertiary/aromatic N) is 4. The van der Waals surface area contributed by atoms with Gasteiger partial charge in [0.2, 0.25) is 5.91 Å². The van der Waals surface area contributed by atoms with Crippen LogP contribution in [0.4, 0.5) is 11.4 Å². The van der Waals surface area contributed by atoms with Crippen molar-refractivity contribution in [2.75, 3.05) is 10.6 Å². The van der Waals surface area contributed by atoms with E-state index in [0.29, 0.717) is 34.6 Å². The number of hydrogen-bond acceptors (Lipinski definition) is 5. The molecule has 170 valence electrons. The Morgan fingerprint density at radius 1 is 1.06 bits per heavy atom. The third kappa shape index (κ3) is 4.64. The number of carbonyl (C=O) groups excluding carboxylic acids is 2. The minimum absolute atomic E-state index is 0.203. The average Bonchev–Trinajstić information content (AvgIpc) is 3.22. The molecule has 0 radical (unpaired) electrons. The quantitative estimate of drug-likeness (QED) is 0.452. The highest BCUT2D eigenvalue weighted by molar-refractivity contribution is 6.10. The summed E-state index contributed by atoms with van der Waals surface area (Å²) in [6, 6.07) is 16.5. The van der Waals surface area contributed by atoms with Gasteiger partial charge < -0.3 is 10.6 Å². The molecule has 34 heavy (non-hydrogen) atoms. The summed E-state index contributed by atoms with van der Waals surface area (Å²) in [7, 11) is 0. The predicted molar refractivity (Wildman–Crippen MR) is 130 cm³/mol. The second-order valence-electron chi connectivity index (χ2n) is 8.08. The van der Waals surface area contributed by atoms with Gasteiger partial charge in [0.15, 0.2) is 5.65 Å². The molecular weight excluding hydrogens is 428 g/mol. The molecule has 2 aromatic heterocycles. The van der Waals surface area contributed by atoms with E-state index in [1.807, 2.05) is 45.0 Å². The Balaban J connectivity index is 1.47. The summed E-state index contributed by atoms with van der Waals surface area (Å²) >= 11 is 0. The lowest BCUT2D eigenvalue weighted by atomic mass is 10.1. The number of rotatable bonds is 6. The number of aromatic nitrogens is 3. The van der Waals surface area contributed by atoms with Crippen molar-refractivity contribution < 1.29 is 9.59 Å². The van der Waals surface area contributed by atoms with Gasteiger partial charge in [-0.3, -0.25) is 9.59 Å². The Morgan fingerprint density at radius 3 is 2.62 bits per heavy atom. The molecule has 4 rings (SSSR count). The molecule has 0 bridgehead atoms. The van der Waals surface area contributed by atoms with Crippen LogP contribution in [-0.2, 0) is 11.2 Å². The van der Waals surface area contributed by atoms with Crippen molar-refractivity contribution in [1.29, 1.82) is 5.26 Å². The number of fused-ring (bicyclic) bond motifs is 1. The zero-order valence-corrected chi connectivity index (χ0v) is 19.2. The second-order valence-corrected chi connectivity index (χ2v) is 8.08. The maximum Gasteiger partial charge on any atom is 0.257 e. The Bertz CT molecular complexity index is 1450. The summed E-state index contributed by atoms with van der Waals surface area (Å²) in [4.78, 5) is 30.1. The Kier molecular flexibility index (Phi) is 6.37. The van der Waals surface area contributed by atoms with E-state index < -0.39 is 0 Å². The summed E-state index contributed by atoms with van der Waals surface area (Å²) in [5.74, 6) is -0.511. The lowest BCUT2D eigenvalue weighted by Gasteiger charge is -2.13. The zero-order valence-electron chi connectivity index (χ0n) is 19.2. The minimum atomic E-state index is -0.296. The summed E-state index contributed by atoms with van der Waals surface area (Å²) < 4.78 is 1.63. The van der Waals surface area contributed by atoms with Gasteiger partial charge in [-0.25, -0.2) is 9.50 Å². The van der Waals surface area contributed by atoms with Crippen LogP contribution in [0.3, 0.4) is 0 Å². The summed E-state index contributed by atoms with van der Waals surface area (Å²) in [5.41, 5.74) is 5.99. The first-order valence-electron chi connectivity index (χ1n) is 10.9. The van der Waals surface area contributed by atoms with E-state index >= 15 is 0 Å². The molecule has 0 aliphatic rings. The van der Waals surface area contributed by atoms with Crippen LogP contribution in [0.2, 0.25) is 0 Å². The second kappa shape index (κ2) is 9.55. The fourth-order valence-electron chi connectivity index (χ4n) is 3.91. The van der Waals surface area contributed by atoms with Gasteiger partial charge in [0.25, 0.3) is 5.91 Å². The van der Waals surface area contributed by atoms with Crippen molar-refractivity contribution in [3.8, 4) is 6.07 Å². The van der Waals surface area contributed by atoms with Gasteiger partial charge in [-0.15, -0.1) is 0 Å².